The summed E-state index contributed by atoms with van der Waals surface area (Å²) in [5.74, 6) is 0. The Hall–Kier alpha value is -0.910. The monoisotopic (exact) mass is 296 g/mol. The molecule has 0 aliphatic carbocycles. The van der Waals surface area contributed by atoms with E-state index in [1.165, 1.54) is 0 Å². The van der Waals surface area contributed by atoms with Gasteiger partial charge in [-0.2, -0.15) is 4.31 Å². The van der Waals surface area contributed by atoms with Crippen LogP contribution in [0.4, 0.5) is 0 Å². The highest BCUT2D eigenvalue weighted by molar-refractivity contribution is 7.89. The van der Waals surface area contributed by atoms with Gasteiger partial charge in [-0.15, -0.1) is 0 Å². The van der Waals surface area contributed by atoms with Gasteiger partial charge in [0, 0.05) is 19.1 Å². The lowest BCUT2D eigenvalue weighted by atomic mass is 9.87. The highest BCUT2D eigenvalue weighted by atomic mass is 32.2. The van der Waals surface area contributed by atoms with Crippen molar-refractivity contribution < 1.29 is 8.42 Å². The molecular weight excluding hydrogens is 272 g/mol. The van der Waals surface area contributed by atoms with E-state index in [0.29, 0.717) is 18.0 Å². The van der Waals surface area contributed by atoms with Crippen LogP contribution in [-0.4, -0.2) is 38.9 Å². The van der Waals surface area contributed by atoms with E-state index in [-0.39, 0.29) is 11.5 Å². The van der Waals surface area contributed by atoms with Crippen molar-refractivity contribution in [3.63, 3.8) is 0 Å². The Morgan fingerprint density at radius 1 is 1.20 bits per heavy atom. The van der Waals surface area contributed by atoms with E-state index in [0.717, 1.165) is 12.0 Å². The second kappa shape index (κ2) is 5.47. The van der Waals surface area contributed by atoms with Gasteiger partial charge < -0.3 is 5.32 Å². The summed E-state index contributed by atoms with van der Waals surface area (Å²) in [7, 11) is -1.48. The van der Waals surface area contributed by atoms with Crippen LogP contribution in [0.1, 0.15) is 32.8 Å². The van der Waals surface area contributed by atoms with Crippen LogP contribution in [-0.2, 0) is 15.4 Å². The lowest BCUT2D eigenvalue weighted by Crippen LogP contribution is -2.33. The van der Waals surface area contributed by atoms with Crippen LogP contribution >= 0.6 is 0 Å². The lowest BCUT2D eigenvalue weighted by Gasteiger charge is -2.20. The summed E-state index contributed by atoms with van der Waals surface area (Å²) in [6, 6.07) is 7.54. The van der Waals surface area contributed by atoms with Gasteiger partial charge in [-0.1, -0.05) is 32.9 Å². The molecule has 0 bridgehead atoms. The van der Waals surface area contributed by atoms with Crippen molar-refractivity contribution >= 4 is 10.0 Å². The van der Waals surface area contributed by atoms with Crippen LogP contribution in [0.5, 0.6) is 0 Å². The maximum Gasteiger partial charge on any atom is 0.243 e. The van der Waals surface area contributed by atoms with E-state index in [4.69, 9.17) is 0 Å². The number of nitrogens with one attached hydrogen (secondary N) is 1. The fourth-order valence-electron chi connectivity index (χ4n) is 2.46. The zero-order valence-corrected chi connectivity index (χ0v) is 13.5. The minimum atomic E-state index is -3.35. The number of sulfonamides is 1. The molecule has 1 atom stereocenters. The molecule has 0 aromatic heterocycles. The Balaban J connectivity index is 2.23. The molecule has 0 radical (unpaired) electrons. The van der Waals surface area contributed by atoms with Crippen molar-refractivity contribution in [2.24, 2.45) is 0 Å². The van der Waals surface area contributed by atoms with E-state index in [9.17, 15) is 8.42 Å². The molecule has 5 heteroatoms. The normalized spacial score (nSPS) is 21.3. The molecule has 1 aliphatic rings. The molecule has 1 unspecified atom stereocenters. The number of hydrogen-bond acceptors (Lipinski definition) is 3. The van der Waals surface area contributed by atoms with Crippen LogP contribution in [0.2, 0.25) is 0 Å². The van der Waals surface area contributed by atoms with Gasteiger partial charge in [0.1, 0.15) is 0 Å². The molecule has 1 saturated heterocycles. The third-order valence-corrected chi connectivity index (χ3v) is 5.80. The van der Waals surface area contributed by atoms with Crippen LogP contribution in [0.25, 0.3) is 0 Å². The molecule has 1 aliphatic heterocycles. The molecule has 0 spiro atoms. The summed E-state index contributed by atoms with van der Waals surface area (Å²) < 4.78 is 26.7. The predicted molar refractivity (Wildman–Crippen MR) is 81.4 cm³/mol. The van der Waals surface area contributed by atoms with Crippen molar-refractivity contribution in [3.8, 4) is 0 Å². The van der Waals surface area contributed by atoms with Crippen molar-refractivity contribution in [1.82, 2.24) is 9.62 Å². The Bertz CT molecular complexity index is 559. The van der Waals surface area contributed by atoms with E-state index in [2.05, 4.69) is 26.1 Å². The van der Waals surface area contributed by atoms with Crippen molar-refractivity contribution in [2.45, 2.75) is 43.5 Å². The van der Waals surface area contributed by atoms with Gasteiger partial charge in [-0.25, -0.2) is 8.42 Å². The van der Waals surface area contributed by atoms with Crippen LogP contribution < -0.4 is 5.32 Å². The standard InChI is InChI=1S/C15H24N2O2S/c1-15(2,3)12-5-7-14(8-6-12)20(18,19)17-10-9-13(11-17)16-4/h5-8,13,16H,9-11H2,1-4H3. The van der Waals surface area contributed by atoms with Gasteiger partial charge in [0.25, 0.3) is 0 Å². The number of benzene rings is 1. The smallest absolute Gasteiger partial charge is 0.243 e. The summed E-state index contributed by atoms with van der Waals surface area (Å²) in [5, 5.41) is 3.14. The largest absolute Gasteiger partial charge is 0.316 e. The molecular formula is C15H24N2O2S. The lowest BCUT2D eigenvalue weighted by molar-refractivity contribution is 0.464. The zero-order chi connectivity index (χ0) is 15.0. The molecule has 112 valence electrons. The zero-order valence-electron chi connectivity index (χ0n) is 12.7. The Morgan fingerprint density at radius 2 is 1.80 bits per heavy atom. The minimum Gasteiger partial charge on any atom is -0.316 e. The molecule has 1 aromatic rings. The summed E-state index contributed by atoms with van der Waals surface area (Å²) in [4.78, 5) is 0.391. The predicted octanol–water partition coefficient (Wildman–Crippen LogP) is 1.97. The van der Waals surface area contributed by atoms with E-state index in [1.807, 2.05) is 19.2 Å². The Kier molecular flexibility index (Phi) is 4.23. The summed E-state index contributed by atoms with van der Waals surface area (Å²) in [6.07, 6.45) is 0.871. The van der Waals surface area contributed by atoms with Crippen molar-refractivity contribution in [1.29, 1.82) is 0 Å². The third kappa shape index (κ3) is 3.05. The van der Waals surface area contributed by atoms with Crippen LogP contribution in [0.3, 0.4) is 0 Å². The van der Waals surface area contributed by atoms with E-state index >= 15 is 0 Å². The fourth-order valence-corrected chi connectivity index (χ4v) is 3.96. The molecule has 1 heterocycles. The molecule has 4 nitrogen and oxygen atoms in total. The highest BCUT2D eigenvalue weighted by Gasteiger charge is 2.31. The van der Waals surface area contributed by atoms with Gasteiger partial charge in [0.2, 0.25) is 10.0 Å². The first-order chi connectivity index (χ1) is 9.25. The average molecular weight is 296 g/mol. The van der Waals surface area contributed by atoms with E-state index in [1.54, 1.807) is 16.4 Å². The van der Waals surface area contributed by atoms with Gasteiger partial charge in [0.05, 0.1) is 4.90 Å². The summed E-state index contributed by atoms with van der Waals surface area (Å²) in [6.45, 7) is 7.51. The van der Waals surface area contributed by atoms with Crippen LogP contribution in [0.15, 0.2) is 29.2 Å². The number of hydrogen-bond donors (Lipinski definition) is 1. The molecule has 2 rings (SSSR count). The second-order valence-electron chi connectivity index (χ2n) is 6.41. The fraction of sp³-hybridized carbons (Fsp3) is 0.600. The number of rotatable bonds is 3. The van der Waals surface area contributed by atoms with Gasteiger partial charge in [-0.3, -0.25) is 0 Å². The highest BCUT2D eigenvalue weighted by Crippen LogP contribution is 2.26. The van der Waals surface area contributed by atoms with Crippen molar-refractivity contribution in [3.05, 3.63) is 29.8 Å². The summed E-state index contributed by atoms with van der Waals surface area (Å²) in [5.41, 5.74) is 1.18. The van der Waals surface area contributed by atoms with Gasteiger partial charge >= 0.3 is 0 Å². The van der Waals surface area contributed by atoms with Crippen molar-refractivity contribution in [2.75, 3.05) is 20.1 Å². The molecule has 1 N–H and O–H groups in total. The Labute approximate surface area is 122 Å². The average Bonchev–Trinajstić information content (AvgIpc) is 2.87. The van der Waals surface area contributed by atoms with Crippen LogP contribution in [0, 0.1) is 0 Å². The minimum absolute atomic E-state index is 0.0349. The van der Waals surface area contributed by atoms with Gasteiger partial charge in [0.15, 0.2) is 0 Å². The molecule has 1 aromatic carbocycles. The first-order valence-electron chi connectivity index (χ1n) is 7.03. The maximum absolute atomic E-state index is 12.6. The number of likely N-dealkylation sites (N-methyl/N-ethyl adjacent to an activating group) is 1. The third-order valence-electron chi connectivity index (χ3n) is 3.92. The molecule has 0 amide bonds. The van der Waals surface area contributed by atoms with Gasteiger partial charge in [-0.05, 0) is 36.6 Å². The molecule has 0 saturated carbocycles. The molecule has 20 heavy (non-hydrogen) atoms. The molecule has 1 fully saturated rings. The second-order valence-corrected chi connectivity index (χ2v) is 8.35. The Morgan fingerprint density at radius 3 is 2.25 bits per heavy atom. The maximum atomic E-state index is 12.6. The topological polar surface area (TPSA) is 49.4 Å². The quantitative estimate of drug-likeness (QED) is 0.928. The number of nitrogens with zero attached hydrogens (tertiary/aromatic N) is 1. The summed E-state index contributed by atoms with van der Waals surface area (Å²) >= 11 is 0. The van der Waals surface area contributed by atoms with E-state index < -0.39 is 10.0 Å². The first-order valence-corrected chi connectivity index (χ1v) is 8.47. The SMILES string of the molecule is CNC1CCN(S(=O)(=O)c2ccc(C(C)(C)C)cc2)C1. The first kappa shape index (κ1) is 15.5.